The minimum atomic E-state index is -0.642. The molecule has 4 rings (SSSR count). The van der Waals surface area contributed by atoms with E-state index in [0.29, 0.717) is 19.4 Å². The number of nitrogens with zero attached hydrogens (tertiary/aromatic N) is 2. The standard InChI is InChI=1S/C22H23N3O2/c26-20-12-14-22(21(27)24-16-17-8-5-7-15-23-17)13-6-4-11-19(22)25(20)18-9-2-1-3-10-18/h1-3,5,7-11,15H,4,6,12-14,16H2,(H,24,27). The summed E-state index contributed by atoms with van der Waals surface area (Å²) < 4.78 is 0. The summed E-state index contributed by atoms with van der Waals surface area (Å²) >= 11 is 0. The molecule has 2 amide bonds. The van der Waals surface area contributed by atoms with Gasteiger partial charge in [-0.2, -0.15) is 0 Å². The highest BCUT2D eigenvalue weighted by molar-refractivity contribution is 6.02. The second kappa shape index (κ2) is 7.35. The number of para-hydroxylation sites is 1. The van der Waals surface area contributed by atoms with Crippen LogP contribution in [0.15, 0.2) is 66.5 Å². The maximum atomic E-state index is 13.3. The quantitative estimate of drug-likeness (QED) is 0.905. The van der Waals surface area contributed by atoms with Crippen LogP contribution in [0.3, 0.4) is 0 Å². The van der Waals surface area contributed by atoms with Crippen molar-refractivity contribution in [1.29, 1.82) is 0 Å². The summed E-state index contributed by atoms with van der Waals surface area (Å²) in [6, 6.07) is 15.3. The second-order valence-corrected chi connectivity index (χ2v) is 7.13. The first-order chi connectivity index (χ1) is 13.2. The van der Waals surface area contributed by atoms with Crippen LogP contribution >= 0.6 is 0 Å². The Labute approximate surface area is 159 Å². The molecular weight excluding hydrogens is 338 g/mol. The molecule has 1 aromatic heterocycles. The lowest BCUT2D eigenvalue weighted by atomic mass is 9.69. The predicted molar refractivity (Wildman–Crippen MR) is 104 cm³/mol. The summed E-state index contributed by atoms with van der Waals surface area (Å²) in [5.41, 5.74) is 1.86. The third kappa shape index (κ3) is 3.25. The highest BCUT2D eigenvalue weighted by Crippen LogP contribution is 2.48. The van der Waals surface area contributed by atoms with Gasteiger partial charge in [0.05, 0.1) is 17.7 Å². The van der Waals surface area contributed by atoms with Gasteiger partial charge in [-0.1, -0.05) is 30.3 Å². The molecule has 5 nitrogen and oxygen atoms in total. The minimum Gasteiger partial charge on any atom is -0.350 e. The van der Waals surface area contributed by atoms with Gasteiger partial charge in [-0.05, 0) is 49.9 Å². The van der Waals surface area contributed by atoms with Crippen molar-refractivity contribution in [3.63, 3.8) is 0 Å². The molecule has 1 N–H and O–H groups in total. The van der Waals surface area contributed by atoms with E-state index in [-0.39, 0.29) is 11.8 Å². The summed E-state index contributed by atoms with van der Waals surface area (Å²) in [4.78, 5) is 32.1. The summed E-state index contributed by atoms with van der Waals surface area (Å²) in [5, 5.41) is 3.07. The molecule has 1 aliphatic carbocycles. The average Bonchev–Trinajstić information content (AvgIpc) is 2.73. The van der Waals surface area contributed by atoms with Crippen LogP contribution in [0.2, 0.25) is 0 Å². The first-order valence-corrected chi connectivity index (χ1v) is 9.47. The van der Waals surface area contributed by atoms with E-state index in [0.717, 1.165) is 36.3 Å². The Bertz CT molecular complexity index is 864. The lowest BCUT2D eigenvalue weighted by Gasteiger charge is -2.45. The largest absolute Gasteiger partial charge is 0.350 e. The van der Waals surface area contributed by atoms with E-state index in [2.05, 4.69) is 16.4 Å². The minimum absolute atomic E-state index is 0.00691. The third-order valence-electron chi connectivity index (χ3n) is 5.50. The van der Waals surface area contributed by atoms with Gasteiger partial charge in [0.15, 0.2) is 0 Å². The van der Waals surface area contributed by atoms with Crippen molar-refractivity contribution in [2.24, 2.45) is 5.41 Å². The number of nitrogens with one attached hydrogen (secondary N) is 1. The number of carbonyl (C=O) groups is 2. The lowest BCUT2D eigenvalue weighted by Crippen LogP contribution is -2.53. The SMILES string of the molecule is O=C1CCC2(C(=O)NCc3ccccn3)CCCC=C2N1c1ccccc1. The van der Waals surface area contributed by atoms with Gasteiger partial charge in [0.25, 0.3) is 0 Å². The molecule has 5 heteroatoms. The molecule has 0 bridgehead atoms. The van der Waals surface area contributed by atoms with Crippen LogP contribution < -0.4 is 10.2 Å². The van der Waals surface area contributed by atoms with Crippen molar-refractivity contribution in [1.82, 2.24) is 10.3 Å². The molecule has 0 spiro atoms. The van der Waals surface area contributed by atoms with Gasteiger partial charge >= 0.3 is 0 Å². The van der Waals surface area contributed by atoms with Crippen LogP contribution in [0.5, 0.6) is 0 Å². The van der Waals surface area contributed by atoms with E-state index in [4.69, 9.17) is 0 Å². The molecule has 0 saturated carbocycles. The van der Waals surface area contributed by atoms with Crippen LogP contribution in [0, 0.1) is 5.41 Å². The Hall–Kier alpha value is -2.95. The molecule has 138 valence electrons. The third-order valence-corrected chi connectivity index (χ3v) is 5.50. The molecule has 1 aliphatic heterocycles. The number of piperidine rings is 1. The number of hydrogen-bond donors (Lipinski definition) is 1. The number of anilines is 1. The highest BCUT2D eigenvalue weighted by atomic mass is 16.2. The molecule has 27 heavy (non-hydrogen) atoms. The van der Waals surface area contributed by atoms with Gasteiger partial charge < -0.3 is 5.32 Å². The summed E-state index contributed by atoms with van der Waals surface area (Å²) in [5.74, 6) is 0.0510. The molecule has 1 fully saturated rings. The molecular formula is C22H23N3O2. The number of carbonyl (C=O) groups excluding carboxylic acids is 2. The maximum absolute atomic E-state index is 13.3. The number of rotatable bonds is 4. The summed E-state index contributed by atoms with van der Waals surface area (Å²) in [6.07, 6.45) is 7.36. The van der Waals surface area contributed by atoms with Crippen molar-refractivity contribution in [3.05, 3.63) is 72.2 Å². The Morgan fingerprint density at radius 1 is 1.11 bits per heavy atom. The molecule has 2 aliphatic rings. The Kier molecular flexibility index (Phi) is 4.75. The van der Waals surface area contributed by atoms with Crippen molar-refractivity contribution in [2.45, 2.75) is 38.6 Å². The van der Waals surface area contributed by atoms with Gasteiger partial charge in [0, 0.05) is 24.0 Å². The zero-order valence-electron chi connectivity index (χ0n) is 15.2. The number of fused-ring (bicyclic) bond motifs is 1. The maximum Gasteiger partial charge on any atom is 0.232 e. The number of hydrogen-bond acceptors (Lipinski definition) is 3. The van der Waals surface area contributed by atoms with Crippen molar-refractivity contribution < 1.29 is 9.59 Å². The fourth-order valence-electron chi connectivity index (χ4n) is 4.14. The van der Waals surface area contributed by atoms with E-state index < -0.39 is 5.41 Å². The zero-order valence-corrected chi connectivity index (χ0v) is 15.2. The molecule has 1 saturated heterocycles. The molecule has 1 unspecified atom stereocenters. The predicted octanol–water partition coefficient (Wildman–Crippen LogP) is 3.58. The number of aromatic nitrogens is 1. The van der Waals surface area contributed by atoms with Crippen LogP contribution in [0.4, 0.5) is 5.69 Å². The fraction of sp³-hybridized carbons (Fsp3) is 0.318. The second-order valence-electron chi connectivity index (χ2n) is 7.13. The Morgan fingerprint density at radius 2 is 1.93 bits per heavy atom. The Balaban J connectivity index is 1.63. The van der Waals surface area contributed by atoms with Crippen molar-refractivity contribution in [2.75, 3.05) is 4.90 Å². The molecule has 1 atom stereocenters. The van der Waals surface area contributed by atoms with Gasteiger partial charge in [0.1, 0.15) is 0 Å². The van der Waals surface area contributed by atoms with Gasteiger partial charge in [-0.3, -0.25) is 19.5 Å². The Morgan fingerprint density at radius 3 is 2.70 bits per heavy atom. The number of amides is 2. The number of pyridine rings is 1. The van der Waals surface area contributed by atoms with E-state index in [1.165, 1.54) is 0 Å². The van der Waals surface area contributed by atoms with E-state index in [1.807, 2.05) is 48.5 Å². The first kappa shape index (κ1) is 17.5. The molecule has 1 aromatic carbocycles. The molecule has 0 radical (unpaired) electrons. The van der Waals surface area contributed by atoms with Crippen LogP contribution in [0.1, 0.15) is 37.8 Å². The normalized spacial score (nSPS) is 22.0. The number of benzene rings is 1. The monoisotopic (exact) mass is 361 g/mol. The van der Waals surface area contributed by atoms with E-state index >= 15 is 0 Å². The molecule has 2 heterocycles. The zero-order chi connectivity index (χ0) is 18.7. The van der Waals surface area contributed by atoms with Gasteiger partial charge in [-0.15, -0.1) is 0 Å². The van der Waals surface area contributed by atoms with Gasteiger partial charge in [-0.25, -0.2) is 0 Å². The van der Waals surface area contributed by atoms with E-state index in [1.54, 1.807) is 11.1 Å². The van der Waals surface area contributed by atoms with Crippen LogP contribution in [-0.4, -0.2) is 16.8 Å². The lowest BCUT2D eigenvalue weighted by molar-refractivity contribution is -0.132. The summed E-state index contributed by atoms with van der Waals surface area (Å²) in [7, 11) is 0. The van der Waals surface area contributed by atoms with Crippen LogP contribution in [0.25, 0.3) is 0 Å². The first-order valence-electron chi connectivity index (χ1n) is 9.47. The fourth-order valence-corrected chi connectivity index (χ4v) is 4.14. The van der Waals surface area contributed by atoms with Crippen LogP contribution in [-0.2, 0) is 16.1 Å². The topological polar surface area (TPSA) is 62.3 Å². The highest BCUT2D eigenvalue weighted by Gasteiger charge is 2.49. The van der Waals surface area contributed by atoms with E-state index in [9.17, 15) is 9.59 Å². The summed E-state index contributed by atoms with van der Waals surface area (Å²) in [6.45, 7) is 0.397. The van der Waals surface area contributed by atoms with Crippen molar-refractivity contribution >= 4 is 17.5 Å². The molecule has 2 aromatic rings. The number of allylic oxidation sites excluding steroid dienone is 1. The van der Waals surface area contributed by atoms with Gasteiger partial charge in [0.2, 0.25) is 11.8 Å². The smallest absolute Gasteiger partial charge is 0.232 e. The van der Waals surface area contributed by atoms with Crippen molar-refractivity contribution in [3.8, 4) is 0 Å². The average molecular weight is 361 g/mol.